The first-order valence-electron chi connectivity index (χ1n) is 12.5. The molecule has 2 aromatic carbocycles. The number of anilines is 1. The van der Waals surface area contributed by atoms with Gasteiger partial charge in [-0.25, -0.2) is 13.1 Å². The Balaban J connectivity index is 1.47. The van der Waals surface area contributed by atoms with Crippen LogP contribution in [0.3, 0.4) is 0 Å². The SMILES string of the molecule is CCOC(=O)C(C)(C)c1ccc(S(=O)(=O)Nc2c(-c3ccc4c(c3)OCO4)c(OCC3CC3)nn2C)cc1. The fourth-order valence-electron chi connectivity index (χ4n) is 4.18. The number of sulfonamides is 1. The van der Waals surface area contributed by atoms with Gasteiger partial charge in [0.2, 0.25) is 12.7 Å². The van der Waals surface area contributed by atoms with E-state index in [9.17, 15) is 13.2 Å². The first-order valence-corrected chi connectivity index (χ1v) is 14.0. The number of hydrogen-bond donors (Lipinski definition) is 1. The van der Waals surface area contributed by atoms with Crippen LogP contribution in [0.15, 0.2) is 47.4 Å². The highest BCUT2D eigenvalue weighted by molar-refractivity contribution is 7.92. The molecule has 0 bridgehead atoms. The van der Waals surface area contributed by atoms with E-state index in [1.807, 2.05) is 6.07 Å². The van der Waals surface area contributed by atoms with Crippen molar-refractivity contribution in [2.75, 3.05) is 24.7 Å². The van der Waals surface area contributed by atoms with Crippen LogP contribution >= 0.6 is 0 Å². The maximum atomic E-state index is 13.5. The minimum Gasteiger partial charge on any atom is -0.476 e. The molecule has 1 aliphatic carbocycles. The number of aromatic nitrogens is 2. The molecular weight excluding hydrogens is 510 g/mol. The van der Waals surface area contributed by atoms with Crippen LogP contribution in [0, 0.1) is 5.92 Å². The number of benzene rings is 2. The van der Waals surface area contributed by atoms with Crippen molar-refractivity contribution in [3.05, 3.63) is 48.0 Å². The van der Waals surface area contributed by atoms with E-state index in [4.69, 9.17) is 18.9 Å². The predicted octanol–water partition coefficient (Wildman–Crippen LogP) is 4.25. The summed E-state index contributed by atoms with van der Waals surface area (Å²) in [5.74, 6) is 1.88. The maximum Gasteiger partial charge on any atom is 0.315 e. The van der Waals surface area contributed by atoms with Crippen molar-refractivity contribution in [1.29, 1.82) is 0 Å². The zero-order chi connectivity index (χ0) is 27.1. The van der Waals surface area contributed by atoms with Crippen molar-refractivity contribution in [1.82, 2.24) is 9.78 Å². The summed E-state index contributed by atoms with van der Waals surface area (Å²) in [5.41, 5.74) is 0.911. The number of fused-ring (bicyclic) bond motifs is 1. The molecule has 3 aromatic rings. The molecule has 0 atom stereocenters. The zero-order valence-electron chi connectivity index (χ0n) is 21.8. The number of ether oxygens (including phenoxy) is 4. The average Bonchev–Trinajstić information content (AvgIpc) is 3.52. The van der Waals surface area contributed by atoms with Crippen LogP contribution in [0.2, 0.25) is 0 Å². The Morgan fingerprint density at radius 3 is 2.53 bits per heavy atom. The molecule has 1 aromatic heterocycles. The van der Waals surface area contributed by atoms with Gasteiger partial charge < -0.3 is 18.9 Å². The fourth-order valence-corrected chi connectivity index (χ4v) is 5.28. The number of carbonyl (C=O) groups excluding carboxylic acids is 1. The lowest BCUT2D eigenvalue weighted by Gasteiger charge is -2.23. The molecule has 38 heavy (non-hydrogen) atoms. The van der Waals surface area contributed by atoms with Gasteiger partial charge in [-0.2, -0.15) is 0 Å². The van der Waals surface area contributed by atoms with Crippen molar-refractivity contribution in [3.8, 4) is 28.5 Å². The summed E-state index contributed by atoms with van der Waals surface area (Å²) in [7, 11) is -2.36. The number of carbonyl (C=O) groups is 1. The van der Waals surface area contributed by atoms with E-state index in [0.717, 1.165) is 12.8 Å². The van der Waals surface area contributed by atoms with Crippen LogP contribution in [-0.4, -0.2) is 44.2 Å². The molecule has 0 unspecified atom stereocenters. The Hall–Kier alpha value is -3.73. The summed E-state index contributed by atoms with van der Waals surface area (Å²) >= 11 is 0. The molecule has 1 fully saturated rings. The molecule has 2 heterocycles. The Labute approximate surface area is 221 Å². The second-order valence-electron chi connectivity index (χ2n) is 9.95. The molecular formula is C27H31N3O7S. The lowest BCUT2D eigenvalue weighted by atomic mass is 9.85. The molecule has 0 radical (unpaired) electrons. The molecule has 11 heteroatoms. The van der Waals surface area contributed by atoms with E-state index in [1.165, 1.54) is 16.8 Å². The Morgan fingerprint density at radius 2 is 1.84 bits per heavy atom. The van der Waals surface area contributed by atoms with Crippen molar-refractivity contribution in [2.45, 2.75) is 43.9 Å². The number of hydrogen-bond acceptors (Lipinski definition) is 8. The van der Waals surface area contributed by atoms with Crippen molar-refractivity contribution in [3.63, 3.8) is 0 Å². The summed E-state index contributed by atoms with van der Waals surface area (Å²) in [5, 5.41) is 4.49. The van der Waals surface area contributed by atoms with Crippen LogP contribution in [0.5, 0.6) is 17.4 Å². The smallest absolute Gasteiger partial charge is 0.315 e. The van der Waals surface area contributed by atoms with Crippen molar-refractivity contribution >= 4 is 21.8 Å². The first kappa shape index (κ1) is 25.9. The Bertz CT molecular complexity index is 1460. The number of aryl methyl sites for hydroxylation is 1. The van der Waals surface area contributed by atoms with Crippen LogP contribution < -0.4 is 18.9 Å². The van der Waals surface area contributed by atoms with Gasteiger partial charge in [-0.3, -0.25) is 9.52 Å². The highest BCUT2D eigenvalue weighted by Gasteiger charge is 2.32. The second kappa shape index (κ2) is 9.86. The van der Waals surface area contributed by atoms with E-state index >= 15 is 0 Å². The Morgan fingerprint density at radius 1 is 1.13 bits per heavy atom. The third kappa shape index (κ3) is 5.02. The molecule has 202 valence electrons. The van der Waals surface area contributed by atoms with Gasteiger partial charge >= 0.3 is 5.97 Å². The normalized spacial score (nSPS) is 14.8. The third-order valence-corrected chi connectivity index (χ3v) is 8.09. The van der Waals surface area contributed by atoms with E-state index in [-0.39, 0.29) is 30.1 Å². The lowest BCUT2D eigenvalue weighted by Crippen LogP contribution is -2.31. The summed E-state index contributed by atoms with van der Waals surface area (Å²) in [4.78, 5) is 12.4. The number of nitrogens with one attached hydrogen (secondary N) is 1. The minimum atomic E-state index is -4.01. The third-order valence-electron chi connectivity index (χ3n) is 6.73. The fraction of sp³-hybridized carbons (Fsp3) is 0.407. The number of rotatable bonds is 10. The first-order chi connectivity index (χ1) is 18.1. The quantitative estimate of drug-likeness (QED) is 0.379. The van der Waals surface area contributed by atoms with Gasteiger partial charge in [-0.15, -0.1) is 5.10 Å². The highest BCUT2D eigenvalue weighted by atomic mass is 32.2. The van der Waals surface area contributed by atoms with E-state index < -0.39 is 15.4 Å². The largest absolute Gasteiger partial charge is 0.476 e. The molecule has 2 aliphatic rings. The molecule has 0 saturated heterocycles. The van der Waals surface area contributed by atoms with Crippen molar-refractivity contribution < 1.29 is 32.2 Å². The summed E-state index contributed by atoms with van der Waals surface area (Å²) < 4.78 is 53.3. The van der Waals surface area contributed by atoms with Crippen LogP contribution in [0.4, 0.5) is 5.82 Å². The van der Waals surface area contributed by atoms with E-state index in [2.05, 4.69) is 9.82 Å². The van der Waals surface area contributed by atoms with Gasteiger partial charge in [0.15, 0.2) is 11.5 Å². The number of esters is 1. The Kier molecular flexibility index (Phi) is 6.72. The van der Waals surface area contributed by atoms with Gasteiger partial charge in [0.1, 0.15) is 5.82 Å². The molecule has 0 spiro atoms. The standard InChI is InChI=1S/C27H31N3O7S/c1-5-34-26(31)27(2,3)19-9-11-20(12-10-19)38(32,33)29-24-23(18-8-13-21-22(14-18)37-16-36-21)25(28-30(24)4)35-15-17-6-7-17/h8-14,17,29H,5-7,15-16H2,1-4H3. The predicted molar refractivity (Wildman–Crippen MR) is 140 cm³/mol. The molecule has 1 saturated carbocycles. The molecule has 1 aliphatic heterocycles. The molecule has 0 amide bonds. The zero-order valence-corrected chi connectivity index (χ0v) is 22.6. The minimum absolute atomic E-state index is 0.0409. The molecule has 10 nitrogen and oxygen atoms in total. The van der Waals surface area contributed by atoms with Gasteiger partial charge in [-0.1, -0.05) is 18.2 Å². The van der Waals surface area contributed by atoms with Gasteiger partial charge in [0.05, 0.1) is 29.1 Å². The van der Waals surface area contributed by atoms with Gasteiger partial charge in [0, 0.05) is 7.05 Å². The summed E-state index contributed by atoms with van der Waals surface area (Å²) in [6.07, 6.45) is 2.21. The van der Waals surface area contributed by atoms with E-state index in [0.29, 0.717) is 46.6 Å². The maximum absolute atomic E-state index is 13.5. The monoisotopic (exact) mass is 541 g/mol. The average molecular weight is 542 g/mol. The van der Waals surface area contributed by atoms with Crippen LogP contribution in [-0.2, 0) is 32.0 Å². The van der Waals surface area contributed by atoms with Gasteiger partial charge in [0.25, 0.3) is 10.0 Å². The van der Waals surface area contributed by atoms with Gasteiger partial charge in [-0.05, 0) is 74.9 Å². The highest BCUT2D eigenvalue weighted by Crippen LogP contribution is 2.43. The van der Waals surface area contributed by atoms with Crippen molar-refractivity contribution in [2.24, 2.45) is 13.0 Å². The topological polar surface area (TPSA) is 118 Å². The number of nitrogens with zero attached hydrogens (tertiary/aromatic N) is 2. The molecule has 1 N–H and O–H groups in total. The van der Waals surface area contributed by atoms with Crippen LogP contribution in [0.1, 0.15) is 39.2 Å². The summed E-state index contributed by atoms with van der Waals surface area (Å²) in [6.45, 7) is 6.12. The van der Waals surface area contributed by atoms with Crippen LogP contribution in [0.25, 0.3) is 11.1 Å². The van der Waals surface area contributed by atoms with E-state index in [1.54, 1.807) is 52.1 Å². The summed E-state index contributed by atoms with van der Waals surface area (Å²) in [6, 6.07) is 11.6. The second-order valence-corrected chi connectivity index (χ2v) is 11.6. The molecule has 5 rings (SSSR count). The lowest BCUT2D eigenvalue weighted by molar-refractivity contribution is -0.148.